The molecule has 0 aromatic carbocycles. The van der Waals surface area contributed by atoms with E-state index in [0.29, 0.717) is 12.2 Å². The van der Waals surface area contributed by atoms with Gasteiger partial charge in [0.2, 0.25) is 5.91 Å². The third kappa shape index (κ3) is 3.08. The Kier molecular flexibility index (Phi) is 4.48. The average molecular weight is 320 g/mol. The van der Waals surface area contributed by atoms with Crippen molar-refractivity contribution in [2.75, 3.05) is 7.05 Å². The van der Waals surface area contributed by atoms with Gasteiger partial charge in [-0.25, -0.2) is 0 Å². The number of carbonyl (C=O) groups is 1. The molecule has 0 radical (unpaired) electrons. The highest BCUT2D eigenvalue weighted by molar-refractivity contribution is 5.80. The van der Waals surface area contributed by atoms with Crippen molar-refractivity contribution in [3.8, 4) is 0 Å². The van der Waals surface area contributed by atoms with Gasteiger partial charge in [0, 0.05) is 31.9 Å². The van der Waals surface area contributed by atoms with Gasteiger partial charge in [0.05, 0.1) is 11.1 Å². The van der Waals surface area contributed by atoms with E-state index in [2.05, 4.69) is 10.2 Å². The van der Waals surface area contributed by atoms with Crippen LogP contribution in [0.2, 0.25) is 0 Å². The lowest BCUT2D eigenvalue weighted by molar-refractivity contribution is -0.385. The first-order valence-electron chi connectivity index (χ1n) is 7.15. The van der Waals surface area contributed by atoms with E-state index in [0.717, 1.165) is 11.3 Å². The maximum absolute atomic E-state index is 12.6. The summed E-state index contributed by atoms with van der Waals surface area (Å²) in [6.07, 6.45) is 2.90. The molecule has 2 rings (SSSR count). The monoisotopic (exact) mass is 320 g/mol. The molecule has 0 bridgehead atoms. The second-order valence-electron chi connectivity index (χ2n) is 5.57. The molecule has 2 aromatic rings. The van der Waals surface area contributed by atoms with Crippen LogP contribution in [-0.4, -0.2) is 42.3 Å². The fourth-order valence-electron chi connectivity index (χ4n) is 2.44. The van der Waals surface area contributed by atoms with E-state index in [-0.39, 0.29) is 11.6 Å². The van der Waals surface area contributed by atoms with E-state index in [1.165, 1.54) is 10.9 Å². The Bertz CT molecular complexity index is 748. The maximum atomic E-state index is 12.6. The van der Waals surface area contributed by atoms with Crippen LogP contribution < -0.4 is 0 Å². The summed E-state index contributed by atoms with van der Waals surface area (Å²) in [5.74, 6) is -0.172. The van der Waals surface area contributed by atoms with Gasteiger partial charge in [-0.05, 0) is 20.8 Å². The van der Waals surface area contributed by atoms with Gasteiger partial charge in [-0.3, -0.25) is 24.3 Å². The molecule has 9 heteroatoms. The van der Waals surface area contributed by atoms with Gasteiger partial charge in [-0.2, -0.15) is 10.2 Å². The summed E-state index contributed by atoms with van der Waals surface area (Å²) in [6.45, 7) is 5.62. The number of hydrogen-bond acceptors (Lipinski definition) is 5. The minimum absolute atomic E-state index is 0.0876. The first-order chi connectivity index (χ1) is 10.7. The Morgan fingerprint density at radius 1 is 1.35 bits per heavy atom. The Balaban J connectivity index is 2.16. The Labute approximate surface area is 133 Å². The van der Waals surface area contributed by atoms with Crippen molar-refractivity contribution in [2.24, 2.45) is 7.05 Å². The number of nitro groups is 1. The normalized spacial score (nSPS) is 12.2. The molecule has 0 aliphatic heterocycles. The highest BCUT2D eigenvalue weighted by Crippen LogP contribution is 2.21. The Morgan fingerprint density at radius 3 is 2.48 bits per heavy atom. The van der Waals surface area contributed by atoms with Gasteiger partial charge >= 0.3 is 5.69 Å². The molecular formula is C14H20N6O3. The molecule has 2 heterocycles. The first-order valence-corrected chi connectivity index (χ1v) is 7.15. The quantitative estimate of drug-likeness (QED) is 0.612. The summed E-state index contributed by atoms with van der Waals surface area (Å²) >= 11 is 0. The summed E-state index contributed by atoms with van der Waals surface area (Å²) in [5.41, 5.74) is 2.22. The van der Waals surface area contributed by atoms with Crippen LogP contribution in [0.25, 0.3) is 0 Å². The van der Waals surface area contributed by atoms with Crippen molar-refractivity contribution in [1.82, 2.24) is 24.5 Å². The van der Waals surface area contributed by atoms with Crippen LogP contribution >= 0.6 is 0 Å². The van der Waals surface area contributed by atoms with Crippen LogP contribution in [0.1, 0.15) is 29.9 Å². The van der Waals surface area contributed by atoms with Crippen LogP contribution in [0.5, 0.6) is 0 Å². The van der Waals surface area contributed by atoms with Crippen LogP contribution in [-0.2, 0) is 18.4 Å². The number of rotatable bonds is 5. The third-order valence-corrected chi connectivity index (χ3v) is 4.06. The van der Waals surface area contributed by atoms with Crippen molar-refractivity contribution < 1.29 is 9.72 Å². The van der Waals surface area contributed by atoms with Crippen LogP contribution in [0.4, 0.5) is 5.69 Å². The number of amides is 1. The molecule has 1 atom stereocenters. The highest BCUT2D eigenvalue weighted by Gasteiger charge is 2.26. The van der Waals surface area contributed by atoms with Crippen LogP contribution in [0, 0.1) is 24.0 Å². The van der Waals surface area contributed by atoms with Crippen LogP contribution in [0.3, 0.4) is 0 Å². The lowest BCUT2D eigenvalue weighted by atomic mass is 10.2. The van der Waals surface area contributed by atoms with Gasteiger partial charge in [0.1, 0.15) is 17.9 Å². The molecule has 0 aliphatic rings. The van der Waals surface area contributed by atoms with Gasteiger partial charge < -0.3 is 4.90 Å². The van der Waals surface area contributed by atoms with Crippen molar-refractivity contribution >= 4 is 11.6 Å². The zero-order chi connectivity index (χ0) is 17.3. The van der Waals surface area contributed by atoms with Gasteiger partial charge in [0.25, 0.3) is 0 Å². The molecular weight excluding hydrogens is 300 g/mol. The summed E-state index contributed by atoms with van der Waals surface area (Å²) in [4.78, 5) is 24.5. The predicted molar refractivity (Wildman–Crippen MR) is 82.7 cm³/mol. The second-order valence-corrected chi connectivity index (χ2v) is 5.57. The topological polar surface area (TPSA) is 99.1 Å². The van der Waals surface area contributed by atoms with Gasteiger partial charge in [0.15, 0.2) is 0 Å². The molecule has 124 valence electrons. The zero-order valence-corrected chi connectivity index (χ0v) is 13.8. The van der Waals surface area contributed by atoms with Crippen molar-refractivity contribution in [3.05, 3.63) is 39.5 Å². The molecule has 0 fully saturated rings. The lowest BCUT2D eigenvalue weighted by Crippen LogP contribution is -2.33. The SMILES string of the molecule is Cc1c(CN(C)C(=O)C(C)n2ncc([N+](=O)[O-])c2C)cnn1C. The average Bonchev–Trinajstić information content (AvgIpc) is 3.03. The minimum Gasteiger partial charge on any atom is -0.339 e. The second kappa shape index (κ2) is 6.19. The zero-order valence-electron chi connectivity index (χ0n) is 13.8. The van der Waals surface area contributed by atoms with E-state index >= 15 is 0 Å². The van der Waals surface area contributed by atoms with Crippen molar-refractivity contribution in [1.29, 1.82) is 0 Å². The first kappa shape index (κ1) is 16.7. The molecule has 0 saturated heterocycles. The Morgan fingerprint density at radius 2 is 2.00 bits per heavy atom. The molecule has 0 aliphatic carbocycles. The van der Waals surface area contributed by atoms with E-state index in [9.17, 15) is 14.9 Å². The van der Waals surface area contributed by atoms with Crippen molar-refractivity contribution in [2.45, 2.75) is 33.4 Å². The number of likely N-dealkylation sites (N-methyl/N-ethyl adjacent to an activating group) is 1. The van der Waals surface area contributed by atoms with E-state index in [1.54, 1.807) is 36.7 Å². The summed E-state index contributed by atoms with van der Waals surface area (Å²) in [5, 5.41) is 19.0. The molecule has 23 heavy (non-hydrogen) atoms. The summed E-state index contributed by atoms with van der Waals surface area (Å²) < 4.78 is 3.13. The predicted octanol–water partition coefficient (Wildman–Crippen LogP) is 1.36. The molecule has 0 saturated carbocycles. The molecule has 0 spiro atoms. The number of aryl methyl sites for hydroxylation is 1. The van der Waals surface area contributed by atoms with E-state index < -0.39 is 11.0 Å². The Hall–Kier alpha value is -2.71. The minimum atomic E-state index is -0.620. The molecule has 0 N–H and O–H groups in total. The van der Waals surface area contributed by atoms with Crippen LogP contribution in [0.15, 0.2) is 12.4 Å². The standard InChI is InChI=1S/C14H20N6O3/c1-9-12(6-15-18(9)5)8-17(4)14(21)11(3)19-10(2)13(7-16-19)20(22)23/h6-7,11H,8H2,1-5H3. The summed E-state index contributed by atoms with van der Waals surface area (Å²) in [7, 11) is 3.54. The summed E-state index contributed by atoms with van der Waals surface area (Å²) in [6, 6.07) is -0.620. The van der Waals surface area contributed by atoms with E-state index in [1.807, 2.05) is 14.0 Å². The van der Waals surface area contributed by atoms with Gasteiger partial charge in [-0.15, -0.1) is 0 Å². The van der Waals surface area contributed by atoms with Crippen molar-refractivity contribution in [3.63, 3.8) is 0 Å². The maximum Gasteiger partial charge on any atom is 0.309 e. The number of aromatic nitrogens is 4. The third-order valence-electron chi connectivity index (χ3n) is 4.06. The fraction of sp³-hybridized carbons (Fsp3) is 0.500. The smallest absolute Gasteiger partial charge is 0.309 e. The number of nitrogens with zero attached hydrogens (tertiary/aromatic N) is 6. The molecule has 1 unspecified atom stereocenters. The molecule has 2 aromatic heterocycles. The molecule has 1 amide bonds. The molecule has 9 nitrogen and oxygen atoms in total. The lowest BCUT2D eigenvalue weighted by Gasteiger charge is -2.22. The van der Waals surface area contributed by atoms with E-state index in [4.69, 9.17) is 0 Å². The fourth-order valence-corrected chi connectivity index (χ4v) is 2.44. The largest absolute Gasteiger partial charge is 0.339 e. The van der Waals surface area contributed by atoms with Gasteiger partial charge in [-0.1, -0.05) is 0 Å². The number of hydrogen-bond donors (Lipinski definition) is 0. The number of carbonyl (C=O) groups excluding carboxylic acids is 1. The highest BCUT2D eigenvalue weighted by atomic mass is 16.6.